The van der Waals surface area contributed by atoms with E-state index in [0.29, 0.717) is 0 Å². The minimum Gasteiger partial charge on any atom is -0.479 e. The summed E-state index contributed by atoms with van der Waals surface area (Å²) in [5.74, 6) is -0.389. The molecule has 0 N–H and O–H groups in total. The highest BCUT2D eigenvalue weighted by molar-refractivity contribution is 5.78. The molecule has 0 bridgehead atoms. The maximum atomic E-state index is 13.1. The van der Waals surface area contributed by atoms with Crippen LogP contribution in [0.3, 0.4) is 0 Å². The van der Waals surface area contributed by atoms with Gasteiger partial charge in [0.25, 0.3) is 5.88 Å². The Morgan fingerprint density at radius 1 is 1.31 bits per heavy atom. The maximum absolute atomic E-state index is 13.1. The summed E-state index contributed by atoms with van der Waals surface area (Å²) < 4.78 is 17.9. The van der Waals surface area contributed by atoms with E-state index < -0.39 is 5.82 Å². The molecular formula is C10H8FNO. The summed E-state index contributed by atoms with van der Waals surface area (Å²) in [4.78, 5) is 4.00. The minimum absolute atomic E-state index is 0.0405. The van der Waals surface area contributed by atoms with Gasteiger partial charge in [-0.15, -0.1) is 0 Å². The quantitative estimate of drug-likeness (QED) is 0.668. The summed E-state index contributed by atoms with van der Waals surface area (Å²) in [6.45, 7) is 0. The molecule has 0 aliphatic carbocycles. The number of halogens is 1. The van der Waals surface area contributed by atoms with Gasteiger partial charge in [0.1, 0.15) is 0 Å². The van der Waals surface area contributed by atoms with Gasteiger partial charge in [0.15, 0.2) is 5.82 Å². The fraction of sp³-hybridized carbons (Fsp3) is 0.100. The first kappa shape index (κ1) is 7.98. The van der Waals surface area contributed by atoms with Crippen LogP contribution in [0, 0.1) is 5.82 Å². The van der Waals surface area contributed by atoms with Crippen molar-refractivity contribution in [3.8, 4) is 5.88 Å². The molecule has 1 aromatic carbocycles. The highest BCUT2D eigenvalue weighted by Crippen LogP contribution is 2.19. The van der Waals surface area contributed by atoms with E-state index in [9.17, 15) is 4.39 Å². The lowest BCUT2D eigenvalue weighted by molar-refractivity contribution is 0.371. The van der Waals surface area contributed by atoms with Crippen LogP contribution in [0.1, 0.15) is 0 Å². The van der Waals surface area contributed by atoms with Crippen LogP contribution in [0.2, 0.25) is 0 Å². The number of pyridine rings is 1. The van der Waals surface area contributed by atoms with Crippen LogP contribution in [-0.2, 0) is 0 Å². The Kier molecular flexibility index (Phi) is 1.85. The molecule has 66 valence electrons. The number of aromatic nitrogens is 1. The van der Waals surface area contributed by atoms with Gasteiger partial charge < -0.3 is 4.74 Å². The highest BCUT2D eigenvalue weighted by Gasteiger charge is 2.04. The van der Waals surface area contributed by atoms with E-state index in [2.05, 4.69) is 4.98 Å². The molecule has 1 heterocycles. The summed E-state index contributed by atoms with van der Waals surface area (Å²) in [5, 5.41) is 0.779. The van der Waals surface area contributed by atoms with E-state index in [0.717, 1.165) is 10.9 Å². The lowest BCUT2D eigenvalue weighted by Gasteiger charge is -2.02. The van der Waals surface area contributed by atoms with E-state index >= 15 is 0 Å². The molecule has 0 saturated carbocycles. The number of benzene rings is 1. The SMILES string of the molecule is CO[13c]1nc2ccccc2cc1F. The van der Waals surface area contributed by atoms with E-state index in [1.165, 1.54) is 13.2 Å². The fourth-order valence-electron chi connectivity index (χ4n) is 1.22. The third kappa shape index (κ3) is 1.33. The van der Waals surface area contributed by atoms with Gasteiger partial charge in [-0.3, -0.25) is 0 Å². The molecule has 0 atom stereocenters. The third-order valence-electron chi connectivity index (χ3n) is 1.84. The molecule has 0 aliphatic heterocycles. The Morgan fingerprint density at radius 2 is 2.08 bits per heavy atom. The molecule has 0 saturated heterocycles. The Bertz CT molecular complexity index is 442. The number of para-hydroxylation sites is 1. The molecule has 0 spiro atoms. The second-order valence-corrected chi connectivity index (χ2v) is 2.67. The van der Waals surface area contributed by atoms with Crippen molar-refractivity contribution >= 4 is 10.9 Å². The summed E-state index contributed by atoms with van der Waals surface area (Å²) in [5.41, 5.74) is 0.737. The molecule has 2 rings (SSSR count). The van der Waals surface area contributed by atoms with Crippen LogP contribution < -0.4 is 4.74 Å². The zero-order valence-electron chi connectivity index (χ0n) is 7.12. The van der Waals surface area contributed by atoms with Crippen molar-refractivity contribution in [1.82, 2.24) is 4.98 Å². The lowest BCUT2D eigenvalue weighted by Crippen LogP contribution is -1.92. The normalized spacial score (nSPS) is 10.3. The number of fused-ring (bicyclic) bond motifs is 1. The molecule has 3 heteroatoms. The van der Waals surface area contributed by atoms with Gasteiger partial charge in [0.05, 0.1) is 12.6 Å². The van der Waals surface area contributed by atoms with Crippen molar-refractivity contribution in [1.29, 1.82) is 0 Å². The van der Waals surface area contributed by atoms with Gasteiger partial charge in [-0.25, -0.2) is 9.37 Å². The van der Waals surface area contributed by atoms with Gasteiger partial charge in [-0.2, -0.15) is 0 Å². The topological polar surface area (TPSA) is 22.1 Å². The Labute approximate surface area is 75.0 Å². The maximum Gasteiger partial charge on any atom is 0.250 e. The molecule has 0 unspecified atom stereocenters. The predicted octanol–water partition coefficient (Wildman–Crippen LogP) is 2.38. The summed E-state index contributed by atoms with van der Waals surface area (Å²) >= 11 is 0. The summed E-state index contributed by atoms with van der Waals surface area (Å²) in [7, 11) is 1.40. The summed E-state index contributed by atoms with van der Waals surface area (Å²) in [6, 6.07) is 8.74. The zero-order chi connectivity index (χ0) is 9.26. The van der Waals surface area contributed by atoms with Crippen molar-refractivity contribution in [3.63, 3.8) is 0 Å². The van der Waals surface area contributed by atoms with Crippen LogP contribution in [0.25, 0.3) is 10.9 Å². The molecule has 13 heavy (non-hydrogen) atoms. The number of hydrogen-bond donors (Lipinski definition) is 0. The molecule has 0 fully saturated rings. The van der Waals surface area contributed by atoms with E-state index in [-0.39, 0.29) is 5.88 Å². The number of nitrogens with zero attached hydrogens (tertiary/aromatic N) is 1. The molecular weight excluding hydrogens is 170 g/mol. The van der Waals surface area contributed by atoms with Crippen LogP contribution in [0.15, 0.2) is 30.3 Å². The monoisotopic (exact) mass is 178 g/mol. The molecule has 2 aromatic rings. The first-order valence-corrected chi connectivity index (χ1v) is 3.90. The van der Waals surface area contributed by atoms with Gasteiger partial charge in [0, 0.05) is 5.39 Å². The number of rotatable bonds is 1. The van der Waals surface area contributed by atoms with Gasteiger partial charge >= 0.3 is 0 Å². The van der Waals surface area contributed by atoms with Gasteiger partial charge in [-0.05, 0) is 12.1 Å². The van der Waals surface area contributed by atoms with Gasteiger partial charge in [-0.1, -0.05) is 18.2 Å². The van der Waals surface area contributed by atoms with E-state index in [1.807, 2.05) is 24.3 Å². The zero-order valence-corrected chi connectivity index (χ0v) is 7.12. The van der Waals surface area contributed by atoms with Crippen LogP contribution >= 0.6 is 0 Å². The molecule has 1 aromatic heterocycles. The van der Waals surface area contributed by atoms with E-state index in [1.54, 1.807) is 0 Å². The second-order valence-electron chi connectivity index (χ2n) is 2.67. The third-order valence-corrected chi connectivity index (χ3v) is 1.84. The van der Waals surface area contributed by atoms with Crippen molar-refractivity contribution in [2.24, 2.45) is 0 Å². The van der Waals surface area contributed by atoms with Gasteiger partial charge in [0.2, 0.25) is 0 Å². The average molecular weight is 178 g/mol. The molecule has 2 nitrogen and oxygen atoms in total. The average Bonchev–Trinajstić information content (AvgIpc) is 2.17. The number of methoxy groups -OCH3 is 1. The van der Waals surface area contributed by atoms with Crippen LogP contribution in [0.5, 0.6) is 5.88 Å². The minimum atomic E-state index is -0.429. The standard InChI is InChI=1S/C10H8FNO/c1-13-10-8(11)6-7-4-2-3-5-9(7)12-10/h2-6H,1H3/i10+1. The Hall–Kier alpha value is -1.64. The Balaban J connectivity index is 2.74. The Morgan fingerprint density at radius 3 is 2.85 bits per heavy atom. The number of hydrogen-bond acceptors (Lipinski definition) is 2. The predicted molar refractivity (Wildman–Crippen MR) is 48.3 cm³/mol. The van der Waals surface area contributed by atoms with Crippen LogP contribution in [-0.4, -0.2) is 12.1 Å². The smallest absolute Gasteiger partial charge is 0.250 e. The van der Waals surface area contributed by atoms with Crippen molar-refractivity contribution in [2.45, 2.75) is 0 Å². The lowest BCUT2D eigenvalue weighted by atomic mass is 10.2. The molecule has 0 radical (unpaired) electrons. The van der Waals surface area contributed by atoms with Crippen molar-refractivity contribution in [3.05, 3.63) is 36.1 Å². The first-order chi connectivity index (χ1) is 6.31. The molecule has 0 aliphatic rings. The second kappa shape index (κ2) is 3.01. The highest BCUT2D eigenvalue weighted by atomic mass is 19.1. The van der Waals surface area contributed by atoms with E-state index in [4.69, 9.17) is 4.74 Å². The first-order valence-electron chi connectivity index (χ1n) is 3.90. The van der Waals surface area contributed by atoms with Crippen molar-refractivity contribution < 1.29 is 9.13 Å². The van der Waals surface area contributed by atoms with Crippen LogP contribution in [0.4, 0.5) is 4.39 Å². The summed E-state index contributed by atoms with van der Waals surface area (Å²) in [6.07, 6.45) is 0. The molecule has 0 amide bonds. The number of ether oxygens (including phenoxy) is 1. The van der Waals surface area contributed by atoms with Crippen molar-refractivity contribution in [2.75, 3.05) is 7.11 Å². The fourth-order valence-corrected chi connectivity index (χ4v) is 1.22. The largest absolute Gasteiger partial charge is 0.479 e.